The topological polar surface area (TPSA) is 60.2 Å². The average Bonchev–Trinajstić information content (AvgIpc) is 2.72. The van der Waals surface area contributed by atoms with Gasteiger partial charge in [0.05, 0.1) is 6.10 Å². The SMILES string of the molecule is Cc1noc(CCNCC2CCCCO2)n1. The third-order valence-electron chi connectivity index (χ3n) is 2.73. The second-order valence-electron chi connectivity index (χ2n) is 4.18. The van der Waals surface area contributed by atoms with Gasteiger partial charge in [-0.2, -0.15) is 4.98 Å². The number of hydrogen-bond donors (Lipinski definition) is 1. The molecule has 1 fully saturated rings. The number of rotatable bonds is 5. The lowest BCUT2D eigenvalue weighted by atomic mass is 10.1. The quantitative estimate of drug-likeness (QED) is 0.760. The first-order valence-corrected chi connectivity index (χ1v) is 5.96. The van der Waals surface area contributed by atoms with Gasteiger partial charge < -0.3 is 14.6 Å². The second kappa shape index (κ2) is 5.96. The van der Waals surface area contributed by atoms with Crippen LogP contribution in [-0.4, -0.2) is 35.9 Å². The molecule has 0 aliphatic carbocycles. The summed E-state index contributed by atoms with van der Waals surface area (Å²) >= 11 is 0. The molecule has 0 aromatic carbocycles. The van der Waals surface area contributed by atoms with E-state index in [2.05, 4.69) is 15.5 Å². The molecule has 0 radical (unpaired) electrons. The van der Waals surface area contributed by atoms with E-state index in [1.165, 1.54) is 19.3 Å². The Hall–Kier alpha value is -0.940. The first-order chi connectivity index (χ1) is 7.84. The maximum Gasteiger partial charge on any atom is 0.227 e. The summed E-state index contributed by atoms with van der Waals surface area (Å²) < 4.78 is 10.6. The smallest absolute Gasteiger partial charge is 0.227 e. The predicted octanol–water partition coefficient (Wildman–Crippen LogP) is 1.08. The fourth-order valence-electron chi connectivity index (χ4n) is 1.87. The molecule has 1 atom stereocenters. The van der Waals surface area contributed by atoms with Crippen LogP contribution in [0.2, 0.25) is 0 Å². The van der Waals surface area contributed by atoms with Crippen LogP contribution >= 0.6 is 0 Å². The molecule has 0 amide bonds. The number of aromatic nitrogens is 2. The van der Waals surface area contributed by atoms with Gasteiger partial charge in [-0.15, -0.1) is 0 Å². The molecular formula is C11H19N3O2. The molecule has 2 rings (SSSR count). The van der Waals surface area contributed by atoms with Crippen molar-refractivity contribution < 1.29 is 9.26 Å². The van der Waals surface area contributed by atoms with E-state index in [4.69, 9.17) is 9.26 Å². The zero-order chi connectivity index (χ0) is 11.2. The minimum atomic E-state index is 0.387. The van der Waals surface area contributed by atoms with E-state index in [0.29, 0.717) is 17.8 Å². The minimum absolute atomic E-state index is 0.387. The van der Waals surface area contributed by atoms with E-state index in [-0.39, 0.29) is 0 Å². The number of aryl methyl sites for hydroxylation is 1. The Morgan fingerprint density at radius 3 is 3.06 bits per heavy atom. The predicted molar refractivity (Wildman–Crippen MR) is 59.2 cm³/mol. The van der Waals surface area contributed by atoms with E-state index < -0.39 is 0 Å². The van der Waals surface area contributed by atoms with Crippen LogP contribution in [0, 0.1) is 6.92 Å². The summed E-state index contributed by atoms with van der Waals surface area (Å²) in [7, 11) is 0. The Kier molecular flexibility index (Phi) is 4.30. The normalized spacial score (nSPS) is 21.2. The van der Waals surface area contributed by atoms with Gasteiger partial charge in [-0.05, 0) is 26.2 Å². The van der Waals surface area contributed by atoms with Crippen molar-refractivity contribution in [3.63, 3.8) is 0 Å². The number of nitrogens with zero attached hydrogens (tertiary/aromatic N) is 2. The Bertz CT molecular complexity index is 308. The van der Waals surface area contributed by atoms with Gasteiger partial charge in [0.1, 0.15) is 0 Å². The lowest BCUT2D eigenvalue weighted by Gasteiger charge is -2.22. The largest absolute Gasteiger partial charge is 0.377 e. The van der Waals surface area contributed by atoms with Crippen LogP contribution in [-0.2, 0) is 11.2 Å². The lowest BCUT2D eigenvalue weighted by molar-refractivity contribution is 0.0170. The van der Waals surface area contributed by atoms with Crippen LogP contribution in [0.5, 0.6) is 0 Å². The van der Waals surface area contributed by atoms with Crippen molar-refractivity contribution in [2.45, 2.75) is 38.7 Å². The Labute approximate surface area is 95.6 Å². The van der Waals surface area contributed by atoms with Crippen LogP contribution in [0.4, 0.5) is 0 Å². The van der Waals surface area contributed by atoms with Crippen molar-refractivity contribution in [1.29, 1.82) is 0 Å². The van der Waals surface area contributed by atoms with Crippen molar-refractivity contribution in [3.8, 4) is 0 Å². The van der Waals surface area contributed by atoms with Crippen LogP contribution in [0.1, 0.15) is 31.0 Å². The molecule has 1 aliphatic rings. The second-order valence-corrected chi connectivity index (χ2v) is 4.18. The molecule has 0 bridgehead atoms. The van der Waals surface area contributed by atoms with Crippen molar-refractivity contribution in [1.82, 2.24) is 15.5 Å². The number of nitrogens with one attached hydrogen (secondary N) is 1. The maximum absolute atomic E-state index is 5.62. The highest BCUT2D eigenvalue weighted by atomic mass is 16.5. The first-order valence-electron chi connectivity index (χ1n) is 5.96. The van der Waals surface area contributed by atoms with Crippen molar-refractivity contribution in [2.75, 3.05) is 19.7 Å². The van der Waals surface area contributed by atoms with Gasteiger partial charge in [-0.3, -0.25) is 0 Å². The minimum Gasteiger partial charge on any atom is -0.377 e. The molecule has 0 spiro atoms. The zero-order valence-electron chi connectivity index (χ0n) is 9.74. The van der Waals surface area contributed by atoms with Crippen molar-refractivity contribution in [2.24, 2.45) is 0 Å². The zero-order valence-corrected chi connectivity index (χ0v) is 9.74. The molecule has 1 N–H and O–H groups in total. The summed E-state index contributed by atoms with van der Waals surface area (Å²) in [6.45, 7) is 4.53. The molecule has 1 saturated heterocycles. The summed E-state index contributed by atoms with van der Waals surface area (Å²) in [5.41, 5.74) is 0. The standard InChI is InChI=1S/C11H19N3O2/c1-9-13-11(16-14-9)5-6-12-8-10-4-2-3-7-15-10/h10,12H,2-8H2,1H3. The van der Waals surface area contributed by atoms with Crippen LogP contribution in [0.15, 0.2) is 4.52 Å². The van der Waals surface area contributed by atoms with Crippen molar-refractivity contribution in [3.05, 3.63) is 11.7 Å². The third-order valence-corrected chi connectivity index (χ3v) is 2.73. The van der Waals surface area contributed by atoms with Crippen LogP contribution in [0.3, 0.4) is 0 Å². The summed E-state index contributed by atoms with van der Waals surface area (Å²) in [6, 6.07) is 0. The molecule has 1 aliphatic heterocycles. The van der Waals surface area contributed by atoms with Gasteiger partial charge in [0.25, 0.3) is 0 Å². The monoisotopic (exact) mass is 225 g/mol. The highest BCUT2D eigenvalue weighted by molar-refractivity contribution is 4.83. The van der Waals surface area contributed by atoms with E-state index in [9.17, 15) is 0 Å². The number of ether oxygens (including phenoxy) is 1. The summed E-state index contributed by atoms with van der Waals surface area (Å²) in [5, 5.41) is 7.11. The molecule has 90 valence electrons. The van der Waals surface area contributed by atoms with E-state index in [1.807, 2.05) is 6.92 Å². The molecule has 5 nitrogen and oxygen atoms in total. The van der Waals surface area contributed by atoms with Gasteiger partial charge in [0, 0.05) is 26.1 Å². The van der Waals surface area contributed by atoms with E-state index in [0.717, 1.165) is 26.1 Å². The molecule has 2 heterocycles. The van der Waals surface area contributed by atoms with E-state index >= 15 is 0 Å². The highest BCUT2D eigenvalue weighted by Crippen LogP contribution is 2.11. The molecule has 5 heteroatoms. The van der Waals surface area contributed by atoms with Gasteiger partial charge in [-0.25, -0.2) is 0 Å². The van der Waals surface area contributed by atoms with Gasteiger partial charge in [0.15, 0.2) is 5.82 Å². The molecule has 1 aromatic rings. The summed E-state index contributed by atoms with van der Waals surface area (Å²) in [5.74, 6) is 1.40. The molecule has 1 aromatic heterocycles. The Morgan fingerprint density at radius 2 is 2.38 bits per heavy atom. The maximum atomic E-state index is 5.62. The van der Waals surface area contributed by atoms with Gasteiger partial charge in [0.2, 0.25) is 5.89 Å². The molecule has 0 saturated carbocycles. The molecular weight excluding hydrogens is 206 g/mol. The average molecular weight is 225 g/mol. The molecule has 16 heavy (non-hydrogen) atoms. The highest BCUT2D eigenvalue weighted by Gasteiger charge is 2.12. The van der Waals surface area contributed by atoms with Gasteiger partial charge >= 0.3 is 0 Å². The van der Waals surface area contributed by atoms with Gasteiger partial charge in [-0.1, -0.05) is 5.16 Å². The Balaban J connectivity index is 1.57. The number of hydrogen-bond acceptors (Lipinski definition) is 5. The van der Waals surface area contributed by atoms with Crippen LogP contribution in [0.25, 0.3) is 0 Å². The fraction of sp³-hybridized carbons (Fsp3) is 0.818. The van der Waals surface area contributed by atoms with Crippen molar-refractivity contribution >= 4 is 0 Å². The lowest BCUT2D eigenvalue weighted by Crippen LogP contribution is -2.32. The molecule has 1 unspecified atom stereocenters. The third kappa shape index (κ3) is 3.57. The first kappa shape index (κ1) is 11.5. The summed E-state index contributed by atoms with van der Waals surface area (Å²) in [6.07, 6.45) is 4.84. The summed E-state index contributed by atoms with van der Waals surface area (Å²) in [4.78, 5) is 4.15. The Morgan fingerprint density at radius 1 is 1.44 bits per heavy atom. The van der Waals surface area contributed by atoms with Crippen LogP contribution < -0.4 is 5.32 Å². The van der Waals surface area contributed by atoms with E-state index in [1.54, 1.807) is 0 Å². The fourth-order valence-corrected chi connectivity index (χ4v) is 1.87.